The fourth-order valence-corrected chi connectivity index (χ4v) is 4.79. The fraction of sp³-hybridized carbons (Fsp3) is 0.448. The van der Waals surface area contributed by atoms with E-state index in [9.17, 15) is 9.59 Å². The van der Waals surface area contributed by atoms with E-state index in [1.807, 2.05) is 44.2 Å². The summed E-state index contributed by atoms with van der Waals surface area (Å²) in [7, 11) is 0. The van der Waals surface area contributed by atoms with Gasteiger partial charge in [-0.15, -0.1) is 0 Å². The number of rotatable bonds is 11. The summed E-state index contributed by atoms with van der Waals surface area (Å²) in [4.78, 5) is 31.5. The molecule has 1 aliphatic heterocycles. The summed E-state index contributed by atoms with van der Waals surface area (Å²) in [5.74, 6) is 1.13. The van der Waals surface area contributed by atoms with Gasteiger partial charge in [-0.05, 0) is 63.2 Å². The Labute approximate surface area is 212 Å². The fourth-order valence-electron chi connectivity index (χ4n) is 4.79. The minimum Gasteiger partial charge on any atom is -0.490 e. The van der Waals surface area contributed by atoms with Crippen molar-refractivity contribution >= 4 is 16.9 Å². The van der Waals surface area contributed by atoms with E-state index in [1.165, 1.54) is 0 Å². The molecule has 0 N–H and O–H groups in total. The molecule has 4 rings (SSSR count). The number of fused-ring (bicyclic) bond motifs is 2. The molecule has 1 aliphatic rings. The first-order valence-corrected chi connectivity index (χ1v) is 12.9. The molecule has 0 aliphatic carbocycles. The van der Waals surface area contributed by atoms with Crippen LogP contribution >= 0.6 is 0 Å². The topological polar surface area (TPSA) is 72.2 Å². The zero-order valence-electron chi connectivity index (χ0n) is 21.9. The Hall–Kier alpha value is -3.32. The van der Waals surface area contributed by atoms with Crippen molar-refractivity contribution in [1.29, 1.82) is 0 Å². The van der Waals surface area contributed by atoms with Gasteiger partial charge in [-0.2, -0.15) is 0 Å². The van der Waals surface area contributed by atoms with Gasteiger partial charge >= 0.3 is 0 Å². The first-order chi connectivity index (χ1) is 17.4. The van der Waals surface area contributed by atoms with E-state index in [4.69, 9.17) is 13.9 Å². The largest absolute Gasteiger partial charge is 0.490 e. The Morgan fingerprint density at radius 3 is 2.44 bits per heavy atom. The van der Waals surface area contributed by atoms with Gasteiger partial charge in [-0.1, -0.05) is 38.5 Å². The van der Waals surface area contributed by atoms with Crippen molar-refractivity contribution in [2.24, 2.45) is 0 Å². The number of carbonyl (C=O) groups is 1. The number of aryl methyl sites for hydroxylation is 1. The minimum atomic E-state index is -0.566. The highest BCUT2D eigenvalue weighted by molar-refractivity contribution is 5.99. The van der Waals surface area contributed by atoms with Crippen LogP contribution in [-0.2, 0) is 0 Å². The number of ether oxygens (including phenoxy) is 2. The smallest absolute Gasteiger partial charge is 0.290 e. The van der Waals surface area contributed by atoms with Crippen LogP contribution in [0, 0.1) is 6.92 Å². The maximum atomic E-state index is 13.8. The van der Waals surface area contributed by atoms with Gasteiger partial charge in [0.05, 0.1) is 30.2 Å². The average Bonchev–Trinajstić information content (AvgIpc) is 3.16. The van der Waals surface area contributed by atoms with Crippen molar-refractivity contribution in [1.82, 2.24) is 9.80 Å². The molecule has 1 atom stereocenters. The van der Waals surface area contributed by atoms with Crippen molar-refractivity contribution in [2.75, 3.05) is 39.4 Å². The highest BCUT2D eigenvalue weighted by Crippen LogP contribution is 2.41. The van der Waals surface area contributed by atoms with E-state index in [0.29, 0.717) is 54.3 Å². The minimum absolute atomic E-state index is 0.130. The second-order valence-electron chi connectivity index (χ2n) is 9.09. The Kier molecular flexibility index (Phi) is 7.99. The van der Waals surface area contributed by atoms with Gasteiger partial charge in [0.25, 0.3) is 5.91 Å². The number of hydrogen-bond donors (Lipinski definition) is 0. The molecule has 0 radical (unpaired) electrons. The standard InChI is InChI=1S/C29H36N2O5/c1-6-16-35-23-13-11-20(18-24(23)34-9-4)26-25-27(32)21-17-19(5)10-12-22(21)36-28(25)29(33)31(26)15-14-30(7-2)8-3/h10-13,17-18,26H,6-9,14-16H2,1-5H3. The van der Waals surface area contributed by atoms with E-state index >= 15 is 0 Å². The molecule has 36 heavy (non-hydrogen) atoms. The van der Waals surface area contributed by atoms with Crippen LogP contribution in [-0.4, -0.2) is 55.1 Å². The number of carbonyl (C=O) groups excluding carboxylic acids is 1. The van der Waals surface area contributed by atoms with Gasteiger partial charge in [0, 0.05) is 13.1 Å². The van der Waals surface area contributed by atoms with Gasteiger partial charge < -0.3 is 23.7 Å². The van der Waals surface area contributed by atoms with Crippen LogP contribution in [0.4, 0.5) is 0 Å². The predicted molar refractivity (Wildman–Crippen MR) is 141 cm³/mol. The van der Waals surface area contributed by atoms with Gasteiger partial charge in [-0.3, -0.25) is 9.59 Å². The van der Waals surface area contributed by atoms with Crippen LogP contribution in [0.25, 0.3) is 11.0 Å². The molecule has 1 amide bonds. The van der Waals surface area contributed by atoms with E-state index in [1.54, 1.807) is 11.0 Å². The molecule has 192 valence electrons. The molecule has 3 aromatic rings. The number of likely N-dealkylation sites (N-methyl/N-ethyl adjacent to an activating group) is 1. The Morgan fingerprint density at radius 1 is 0.972 bits per heavy atom. The third kappa shape index (κ3) is 4.85. The van der Waals surface area contributed by atoms with Gasteiger partial charge in [0.2, 0.25) is 5.76 Å². The van der Waals surface area contributed by atoms with E-state index in [-0.39, 0.29) is 17.1 Å². The highest BCUT2D eigenvalue weighted by atomic mass is 16.5. The van der Waals surface area contributed by atoms with E-state index in [2.05, 4.69) is 25.7 Å². The highest BCUT2D eigenvalue weighted by Gasteiger charge is 2.43. The van der Waals surface area contributed by atoms with Gasteiger partial charge in [0.15, 0.2) is 16.9 Å². The molecule has 7 heteroatoms. The average molecular weight is 493 g/mol. The molecule has 7 nitrogen and oxygen atoms in total. The normalized spacial score (nSPS) is 15.1. The molecule has 2 aromatic carbocycles. The number of benzene rings is 2. The lowest BCUT2D eigenvalue weighted by atomic mass is 9.97. The van der Waals surface area contributed by atoms with Crippen molar-refractivity contribution < 1.29 is 18.7 Å². The molecule has 0 spiro atoms. The quantitative estimate of drug-likeness (QED) is 0.367. The van der Waals surface area contributed by atoms with Crippen LogP contribution in [0.2, 0.25) is 0 Å². The van der Waals surface area contributed by atoms with E-state index < -0.39 is 6.04 Å². The van der Waals surface area contributed by atoms with E-state index in [0.717, 1.165) is 30.6 Å². The number of hydrogen-bond acceptors (Lipinski definition) is 6. The summed E-state index contributed by atoms with van der Waals surface area (Å²) in [5, 5.41) is 0.491. The predicted octanol–water partition coefficient (Wildman–Crippen LogP) is 5.18. The third-order valence-electron chi connectivity index (χ3n) is 6.72. The second kappa shape index (κ2) is 11.2. The lowest BCUT2D eigenvalue weighted by Gasteiger charge is -2.28. The summed E-state index contributed by atoms with van der Waals surface area (Å²) in [6.07, 6.45) is 0.879. The van der Waals surface area contributed by atoms with Crippen molar-refractivity contribution in [2.45, 2.75) is 47.1 Å². The zero-order chi connectivity index (χ0) is 25.8. The lowest BCUT2D eigenvalue weighted by Crippen LogP contribution is -2.37. The molecule has 1 aromatic heterocycles. The molecule has 0 bridgehead atoms. The lowest BCUT2D eigenvalue weighted by molar-refractivity contribution is 0.0708. The maximum absolute atomic E-state index is 13.8. The third-order valence-corrected chi connectivity index (χ3v) is 6.72. The monoisotopic (exact) mass is 492 g/mol. The van der Waals surface area contributed by atoms with Gasteiger partial charge in [-0.25, -0.2) is 0 Å². The summed E-state index contributed by atoms with van der Waals surface area (Å²) in [6.45, 7) is 14.1. The van der Waals surface area contributed by atoms with Crippen molar-refractivity contribution in [3.8, 4) is 11.5 Å². The SMILES string of the molecule is CCCOc1ccc(C2c3c(oc4ccc(C)cc4c3=O)C(=O)N2CCN(CC)CC)cc1OCC. The van der Waals surface area contributed by atoms with Crippen LogP contribution in [0.1, 0.15) is 67.4 Å². The molecule has 2 heterocycles. The van der Waals surface area contributed by atoms with Crippen LogP contribution in [0.15, 0.2) is 45.6 Å². The molecule has 1 unspecified atom stereocenters. The van der Waals surface area contributed by atoms with Crippen molar-refractivity contribution in [3.63, 3.8) is 0 Å². The zero-order valence-corrected chi connectivity index (χ0v) is 21.9. The molecule has 0 fully saturated rings. The van der Waals surface area contributed by atoms with Crippen LogP contribution < -0.4 is 14.9 Å². The summed E-state index contributed by atoms with van der Waals surface area (Å²) in [6, 6.07) is 10.6. The molecule has 0 saturated carbocycles. The van der Waals surface area contributed by atoms with Crippen LogP contribution in [0.3, 0.4) is 0 Å². The number of amides is 1. The van der Waals surface area contributed by atoms with Crippen molar-refractivity contribution in [3.05, 3.63) is 69.1 Å². The maximum Gasteiger partial charge on any atom is 0.290 e. The Bertz CT molecular complexity index is 1290. The summed E-state index contributed by atoms with van der Waals surface area (Å²) in [5.41, 5.74) is 2.42. The number of nitrogens with zero attached hydrogens (tertiary/aromatic N) is 2. The first-order valence-electron chi connectivity index (χ1n) is 12.9. The Morgan fingerprint density at radius 2 is 1.75 bits per heavy atom. The van der Waals surface area contributed by atoms with Crippen LogP contribution in [0.5, 0.6) is 11.5 Å². The summed E-state index contributed by atoms with van der Waals surface area (Å²) < 4.78 is 17.9. The molecular formula is C29H36N2O5. The Balaban J connectivity index is 1.87. The second-order valence-corrected chi connectivity index (χ2v) is 9.09. The molecular weight excluding hydrogens is 456 g/mol. The first kappa shape index (κ1) is 25.8. The van der Waals surface area contributed by atoms with Gasteiger partial charge in [0.1, 0.15) is 5.58 Å². The molecule has 0 saturated heterocycles. The summed E-state index contributed by atoms with van der Waals surface area (Å²) >= 11 is 0.